The molecule has 0 saturated carbocycles. The quantitative estimate of drug-likeness (QED) is 0.917. The summed E-state index contributed by atoms with van der Waals surface area (Å²) in [5, 5.41) is 11.0. The molecule has 0 spiro atoms. The molecule has 0 bridgehead atoms. The van der Waals surface area contributed by atoms with Gasteiger partial charge in [-0.2, -0.15) is 0 Å². The lowest BCUT2D eigenvalue weighted by Gasteiger charge is -2.23. The zero-order valence-electron chi connectivity index (χ0n) is 12.8. The van der Waals surface area contributed by atoms with Gasteiger partial charge in [-0.1, -0.05) is 29.8 Å². The highest BCUT2D eigenvalue weighted by Gasteiger charge is 2.26. The Morgan fingerprint density at radius 3 is 2.73 bits per heavy atom. The first-order valence-electron chi connectivity index (χ1n) is 7.43. The van der Waals surface area contributed by atoms with Crippen LogP contribution in [-0.4, -0.2) is 37.3 Å². The van der Waals surface area contributed by atoms with Crippen molar-refractivity contribution in [3.8, 4) is 11.5 Å². The van der Waals surface area contributed by atoms with Crippen LogP contribution in [0.3, 0.4) is 0 Å². The summed E-state index contributed by atoms with van der Waals surface area (Å²) in [5.41, 5.74) is 3.45. The second kappa shape index (κ2) is 6.19. The predicted molar refractivity (Wildman–Crippen MR) is 89.2 cm³/mol. The molecule has 3 rings (SSSR count). The first-order valence-corrected chi connectivity index (χ1v) is 7.80. The summed E-state index contributed by atoms with van der Waals surface area (Å²) in [5.74, 6) is 0.858. The maximum atomic E-state index is 10.2. The Bertz CT molecular complexity index is 687. The number of hydrogen-bond donors (Lipinski definition) is 1. The van der Waals surface area contributed by atoms with Crippen molar-refractivity contribution in [3.63, 3.8) is 0 Å². The van der Waals surface area contributed by atoms with E-state index in [0.29, 0.717) is 5.75 Å². The Hall–Kier alpha value is -1.71. The van der Waals surface area contributed by atoms with E-state index in [1.807, 2.05) is 30.3 Å². The summed E-state index contributed by atoms with van der Waals surface area (Å²) < 4.78 is 5.25. The molecular weight excluding hydrogens is 298 g/mol. The standard InChI is InChI=1S/C18H20ClNO2/c1-20-8-7-12-9-18(22-2)17(21)10-14(12)15(11-20)13-5-3-4-6-16(13)19/h3-6,9-10,15,21H,7-8,11H2,1-2H3. The van der Waals surface area contributed by atoms with Gasteiger partial charge in [0.1, 0.15) is 0 Å². The van der Waals surface area contributed by atoms with Gasteiger partial charge in [-0.05, 0) is 48.4 Å². The topological polar surface area (TPSA) is 32.7 Å². The van der Waals surface area contributed by atoms with E-state index in [2.05, 4.69) is 18.0 Å². The second-order valence-corrected chi connectivity index (χ2v) is 6.22. The van der Waals surface area contributed by atoms with Crippen LogP contribution in [0.4, 0.5) is 0 Å². The number of phenols is 1. The highest BCUT2D eigenvalue weighted by atomic mass is 35.5. The van der Waals surface area contributed by atoms with E-state index in [-0.39, 0.29) is 11.7 Å². The van der Waals surface area contributed by atoms with Gasteiger partial charge in [-0.3, -0.25) is 0 Å². The molecule has 1 atom stereocenters. The normalized spacial score (nSPS) is 18.6. The van der Waals surface area contributed by atoms with Crippen molar-refractivity contribution in [2.75, 3.05) is 27.2 Å². The molecule has 0 aromatic heterocycles. The number of aromatic hydroxyl groups is 1. The fourth-order valence-electron chi connectivity index (χ4n) is 3.17. The molecule has 2 aromatic rings. The Morgan fingerprint density at radius 1 is 1.23 bits per heavy atom. The number of hydrogen-bond acceptors (Lipinski definition) is 3. The zero-order valence-corrected chi connectivity index (χ0v) is 13.6. The lowest BCUT2D eigenvalue weighted by molar-refractivity contribution is 0.338. The summed E-state index contributed by atoms with van der Waals surface area (Å²) in [4.78, 5) is 2.30. The third-order valence-corrected chi connectivity index (χ3v) is 4.70. The summed E-state index contributed by atoms with van der Waals surface area (Å²) >= 11 is 6.42. The SMILES string of the molecule is COc1cc2c(cc1O)C(c1ccccc1Cl)CN(C)CC2. The Kier molecular flexibility index (Phi) is 4.27. The van der Waals surface area contributed by atoms with E-state index in [4.69, 9.17) is 16.3 Å². The van der Waals surface area contributed by atoms with Gasteiger partial charge in [0.15, 0.2) is 11.5 Å². The maximum absolute atomic E-state index is 10.2. The van der Waals surface area contributed by atoms with Crippen LogP contribution < -0.4 is 4.74 Å². The van der Waals surface area contributed by atoms with Gasteiger partial charge in [0.05, 0.1) is 7.11 Å². The molecule has 3 nitrogen and oxygen atoms in total. The lowest BCUT2D eigenvalue weighted by Crippen LogP contribution is -2.24. The number of nitrogens with zero attached hydrogens (tertiary/aromatic N) is 1. The fraction of sp³-hybridized carbons (Fsp3) is 0.333. The van der Waals surface area contributed by atoms with Crippen LogP contribution in [0, 0.1) is 0 Å². The molecule has 1 heterocycles. The van der Waals surface area contributed by atoms with Crippen molar-refractivity contribution in [1.29, 1.82) is 0 Å². The Labute approximate surface area is 136 Å². The number of halogens is 1. The molecule has 0 fully saturated rings. The van der Waals surface area contributed by atoms with Crippen molar-refractivity contribution < 1.29 is 9.84 Å². The van der Waals surface area contributed by atoms with Gasteiger partial charge in [-0.25, -0.2) is 0 Å². The summed E-state index contributed by atoms with van der Waals surface area (Å²) in [7, 11) is 3.70. The lowest BCUT2D eigenvalue weighted by atomic mass is 9.87. The molecule has 4 heteroatoms. The van der Waals surface area contributed by atoms with Crippen LogP contribution in [0.25, 0.3) is 0 Å². The van der Waals surface area contributed by atoms with E-state index < -0.39 is 0 Å². The number of fused-ring (bicyclic) bond motifs is 1. The molecule has 0 radical (unpaired) electrons. The highest BCUT2D eigenvalue weighted by Crippen LogP contribution is 2.39. The van der Waals surface area contributed by atoms with Gasteiger partial charge in [0.2, 0.25) is 0 Å². The van der Waals surface area contributed by atoms with Crippen LogP contribution in [-0.2, 0) is 6.42 Å². The predicted octanol–water partition coefficient (Wildman–Crippen LogP) is 3.67. The third kappa shape index (κ3) is 2.79. The molecule has 1 aliphatic rings. The van der Waals surface area contributed by atoms with E-state index >= 15 is 0 Å². The fourth-order valence-corrected chi connectivity index (χ4v) is 3.43. The van der Waals surface area contributed by atoms with Crippen LogP contribution in [0.15, 0.2) is 36.4 Å². The van der Waals surface area contributed by atoms with Gasteiger partial charge in [-0.15, -0.1) is 0 Å². The highest BCUT2D eigenvalue weighted by molar-refractivity contribution is 6.31. The third-order valence-electron chi connectivity index (χ3n) is 4.35. The smallest absolute Gasteiger partial charge is 0.160 e. The Morgan fingerprint density at radius 2 is 2.00 bits per heavy atom. The molecule has 1 aliphatic heterocycles. The first-order chi connectivity index (χ1) is 10.6. The minimum Gasteiger partial charge on any atom is -0.504 e. The summed E-state index contributed by atoms with van der Waals surface area (Å²) in [6.07, 6.45) is 0.934. The van der Waals surface area contributed by atoms with E-state index in [1.54, 1.807) is 7.11 Å². The molecule has 1 unspecified atom stereocenters. The number of benzene rings is 2. The summed E-state index contributed by atoms with van der Waals surface area (Å²) in [6.45, 7) is 1.85. The monoisotopic (exact) mass is 317 g/mol. The number of methoxy groups -OCH3 is 1. The second-order valence-electron chi connectivity index (χ2n) is 5.81. The molecule has 2 aromatic carbocycles. The molecule has 0 amide bonds. The summed E-state index contributed by atoms with van der Waals surface area (Å²) in [6, 6.07) is 11.7. The minimum atomic E-state index is 0.146. The maximum Gasteiger partial charge on any atom is 0.160 e. The van der Waals surface area contributed by atoms with Crippen molar-refractivity contribution >= 4 is 11.6 Å². The van der Waals surface area contributed by atoms with Crippen LogP contribution in [0.1, 0.15) is 22.6 Å². The largest absolute Gasteiger partial charge is 0.504 e. The molecule has 1 N–H and O–H groups in total. The molecule has 0 aliphatic carbocycles. The van der Waals surface area contributed by atoms with E-state index in [9.17, 15) is 5.11 Å². The number of phenolic OH excluding ortho intramolecular Hbond substituents is 1. The van der Waals surface area contributed by atoms with Gasteiger partial charge >= 0.3 is 0 Å². The first kappa shape index (κ1) is 15.2. The average Bonchev–Trinajstić information content (AvgIpc) is 2.66. The molecular formula is C18H20ClNO2. The molecule has 116 valence electrons. The van der Waals surface area contributed by atoms with E-state index in [0.717, 1.165) is 35.7 Å². The van der Waals surface area contributed by atoms with Crippen molar-refractivity contribution in [2.24, 2.45) is 0 Å². The average molecular weight is 318 g/mol. The van der Waals surface area contributed by atoms with Crippen molar-refractivity contribution in [2.45, 2.75) is 12.3 Å². The zero-order chi connectivity index (χ0) is 15.7. The van der Waals surface area contributed by atoms with Gasteiger partial charge in [0.25, 0.3) is 0 Å². The van der Waals surface area contributed by atoms with Crippen LogP contribution in [0.5, 0.6) is 11.5 Å². The minimum absolute atomic E-state index is 0.146. The van der Waals surface area contributed by atoms with Gasteiger partial charge in [0, 0.05) is 24.0 Å². The number of likely N-dealkylation sites (N-methyl/N-ethyl adjacent to an activating group) is 1. The molecule has 0 saturated heterocycles. The van der Waals surface area contributed by atoms with Crippen molar-refractivity contribution in [3.05, 3.63) is 58.1 Å². The Balaban J connectivity index is 2.15. The number of ether oxygens (including phenoxy) is 1. The van der Waals surface area contributed by atoms with Crippen molar-refractivity contribution in [1.82, 2.24) is 4.90 Å². The molecule has 22 heavy (non-hydrogen) atoms. The van der Waals surface area contributed by atoms with Gasteiger partial charge < -0.3 is 14.7 Å². The van der Waals surface area contributed by atoms with Crippen LogP contribution >= 0.6 is 11.6 Å². The van der Waals surface area contributed by atoms with E-state index in [1.165, 1.54) is 5.56 Å². The van der Waals surface area contributed by atoms with Crippen LogP contribution in [0.2, 0.25) is 5.02 Å². The number of rotatable bonds is 2.